The zero-order valence-corrected chi connectivity index (χ0v) is 11.1. The van der Waals surface area contributed by atoms with Crippen molar-refractivity contribution in [3.05, 3.63) is 35.4 Å². The van der Waals surface area contributed by atoms with E-state index >= 15 is 0 Å². The Kier molecular flexibility index (Phi) is 3.88. The smallest absolute Gasteiger partial charge is 0.329 e. The van der Waals surface area contributed by atoms with E-state index in [4.69, 9.17) is 0 Å². The number of aliphatic carboxylic acids is 1. The molecule has 0 saturated heterocycles. The largest absolute Gasteiger partial charge is 0.480 e. The van der Waals surface area contributed by atoms with Crippen LogP contribution in [0.25, 0.3) is 0 Å². The Bertz CT molecular complexity index is 490. The minimum absolute atomic E-state index is 0.213. The summed E-state index contributed by atoms with van der Waals surface area (Å²) in [6.07, 6.45) is 3.01. The molecule has 1 aliphatic carbocycles. The molecule has 0 aromatic heterocycles. The fraction of sp³-hybridized carbons (Fsp3) is 0.467. The van der Waals surface area contributed by atoms with E-state index < -0.39 is 11.5 Å². The molecule has 0 atom stereocenters. The van der Waals surface area contributed by atoms with Gasteiger partial charge in [-0.15, -0.1) is 0 Å². The summed E-state index contributed by atoms with van der Waals surface area (Å²) < 4.78 is 0. The number of hydrogen-bond acceptors (Lipinski definition) is 2. The van der Waals surface area contributed by atoms with Crippen LogP contribution in [0.4, 0.5) is 0 Å². The second-order valence-electron chi connectivity index (χ2n) is 5.31. The zero-order chi connectivity index (χ0) is 13.9. The van der Waals surface area contributed by atoms with Crippen molar-refractivity contribution in [3.63, 3.8) is 0 Å². The van der Waals surface area contributed by atoms with Crippen molar-refractivity contribution in [1.82, 2.24) is 5.32 Å². The van der Waals surface area contributed by atoms with E-state index in [0.29, 0.717) is 12.8 Å². The molecule has 2 N–H and O–H groups in total. The van der Waals surface area contributed by atoms with E-state index in [1.165, 1.54) is 0 Å². The maximum absolute atomic E-state index is 12.0. The number of carbonyl (C=O) groups excluding carboxylic acids is 1. The number of carboxylic acid groups (broad SMARTS) is 1. The second kappa shape index (κ2) is 5.43. The van der Waals surface area contributed by atoms with Gasteiger partial charge in [-0.25, -0.2) is 4.79 Å². The predicted octanol–water partition coefficient (Wildman–Crippen LogP) is 2.05. The number of amides is 1. The highest BCUT2D eigenvalue weighted by molar-refractivity contribution is 5.88. The second-order valence-corrected chi connectivity index (χ2v) is 5.31. The van der Waals surface area contributed by atoms with Gasteiger partial charge in [0, 0.05) is 0 Å². The van der Waals surface area contributed by atoms with Crippen molar-refractivity contribution in [2.24, 2.45) is 0 Å². The van der Waals surface area contributed by atoms with Gasteiger partial charge in [0.05, 0.1) is 6.42 Å². The highest BCUT2D eigenvalue weighted by Crippen LogP contribution is 2.30. The van der Waals surface area contributed by atoms with Crippen molar-refractivity contribution in [3.8, 4) is 0 Å². The first-order valence-electron chi connectivity index (χ1n) is 6.62. The summed E-state index contributed by atoms with van der Waals surface area (Å²) in [5.74, 6) is -1.13. The van der Waals surface area contributed by atoms with Crippen LogP contribution in [0.3, 0.4) is 0 Å². The number of rotatable bonds is 4. The molecule has 0 radical (unpaired) electrons. The van der Waals surface area contributed by atoms with Crippen LogP contribution in [-0.4, -0.2) is 22.5 Å². The number of carbonyl (C=O) groups is 2. The number of carboxylic acids is 1. The Morgan fingerprint density at radius 2 is 2.00 bits per heavy atom. The summed E-state index contributed by atoms with van der Waals surface area (Å²) in [5, 5.41) is 12.0. The SMILES string of the molecule is Cc1cccc(CC(=O)NC2(C(=O)O)CCCC2)c1. The van der Waals surface area contributed by atoms with E-state index in [9.17, 15) is 14.7 Å². The van der Waals surface area contributed by atoms with Gasteiger partial charge in [0.1, 0.15) is 5.54 Å². The minimum atomic E-state index is -1.04. The predicted molar refractivity (Wildman–Crippen MR) is 71.9 cm³/mol. The first kappa shape index (κ1) is 13.6. The van der Waals surface area contributed by atoms with Crippen molar-refractivity contribution in [1.29, 1.82) is 0 Å². The Morgan fingerprint density at radius 1 is 1.32 bits per heavy atom. The minimum Gasteiger partial charge on any atom is -0.480 e. The molecule has 4 heteroatoms. The first-order valence-corrected chi connectivity index (χ1v) is 6.62. The van der Waals surface area contributed by atoms with E-state index in [1.54, 1.807) is 0 Å². The van der Waals surface area contributed by atoms with E-state index in [1.807, 2.05) is 31.2 Å². The maximum atomic E-state index is 12.0. The van der Waals surface area contributed by atoms with Crippen molar-refractivity contribution < 1.29 is 14.7 Å². The Hall–Kier alpha value is -1.84. The standard InChI is InChI=1S/C15H19NO3/c1-11-5-4-6-12(9-11)10-13(17)16-15(14(18)19)7-2-3-8-15/h4-6,9H,2-3,7-8,10H2,1H3,(H,16,17)(H,18,19). The molecule has 1 aliphatic rings. The Labute approximate surface area is 112 Å². The fourth-order valence-corrected chi connectivity index (χ4v) is 2.69. The molecule has 1 aromatic rings. The molecule has 0 bridgehead atoms. The summed E-state index contributed by atoms with van der Waals surface area (Å²) in [5.41, 5.74) is 0.969. The molecular formula is C15H19NO3. The summed E-state index contributed by atoms with van der Waals surface area (Å²) in [6, 6.07) is 7.70. The number of aryl methyl sites for hydroxylation is 1. The molecule has 0 aliphatic heterocycles. The summed E-state index contributed by atoms with van der Waals surface area (Å²) in [7, 11) is 0. The van der Waals surface area contributed by atoms with Crippen LogP contribution in [0.15, 0.2) is 24.3 Å². The molecule has 4 nitrogen and oxygen atoms in total. The van der Waals surface area contributed by atoms with E-state index in [2.05, 4.69) is 5.32 Å². The van der Waals surface area contributed by atoms with Crippen LogP contribution >= 0.6 is 0 Å². The maximum Gasteiger partial charge on any atom is 0.329 e. The van der Waals surface area contributed by atoms with Crippen molar-refractivity contribution in [2.75, 3.05) is 0 Å². The highest BCUT2D eigenvalue weighted by atomic mass is 16.4. The van der Waals surface area contributed by atoms with Gasteiger partial charge >= 0.3 is 5.97 Å². The average Bonchev–Trinajstić information content (AvgIpc) is 2.78. The molecule has 1 saturated carbocycles. The van der Waals surface area contributed by atoms with E-state index in [0.717, 1.165) is 24.0 Å². The van der Waals surface area contributed by atoms with Crippen molar-refractivity contribution in [2.45, 2.75) is 44.6 Å². The third-order valence-electron chi connectivity index (χ3n) is 3.69. The van der Waals surface area contributed by atoms with Crippen molar-refractivity contribution >= 4 is 11.9 Å². The van der Waals surface area contributed by atoms with Crippen LogP contribution in [0.1, 0.15) is 36.8 Å². The van der Waals surface area contributed by atoms with Gasteiger partial charge in [0.25, 0.3) is 0 Å². The number of hydrogen-bond donors (Lipinski definition) is 2. The van der Waals surface area contributed by atoms with Crippen LogP contribution in [0, 0.1) is 6.92 Å². The van der Waals surface area contributed by atoms with Gasteiger partial charge in [-0.1, -0.05) is 42.7 Å². The Morgan fingerprint density at radius 3 is 2.58 bits per heavy atom. The topological polar surface area (TPSA) is 66.4 Å². The zero-order valence-electron chi connectivity index (χ0n) is 11.1. The summed E-state index contributed by atoms with van der Waals surface area (Å²) in [4.78, 5) is 23.4. The Balaban J connectivity index is 2.02. The summed E-state index contributed by atoms with van der Waals surface area (Å²) >= 11 is 0. The van der Waals surface area contributed by atoms with Crippen LogP contribution < -0.4 is 5.32 Å². The van der Waals surface area contributed by atoms with E-state index in [-0.39, 0.29) is 12.3 Å². The normalized spacial score (nSPS) is 17.1. The third kappa shape index (κ3) is 3.13. The molecule has 2 rings (SSSR count). The van der Waals surface area contributed by atoms with Crippen LogP contribution in [0.2, 0.25) is 0 Å². The third-order valence-corrected chi connectivity index (χ3v) is 3.69. The van der Waals surface area contributed by atoms with Gasteiger partial charge in [-0.2, -0.15) is 0 Å². The monoisotopic (exact) mass is 261 g/mol. The number of benzene rings is 1. The number of nitrogens with one attached hydrogen (secondary N) is 1. The van der Waals surface area contributed by atoms with Crippen LogP contribution in [-0.2, 0) is 16.0 Å². The quantitative estimate of drug-likeness (QED) is 0.871. The lowest BCUT2D eigenvalue weighted by Crippen LogP contribution is -2.52. The van der Waals surface area contributed by atoms with Gasteiger partial charge < -0.3 is 10.4 Å². The van der Waals surface area contributed by atoms with Crippen LogP contribution in [0.5, 0.6) is 0 Å². The molecule has 1 amide bonds. The molecule has 0 unspecified atom stereocenters. The lowest BCUT2D eigenvalue weighted by atomic mass is 9.97. The molecular weight excluding hydrogens is 242 g/mol. The van der Waals surface area contributed by atoms with Gasteiger partial charge in [0.15, 0.2) is 0 Å². The lowest BCUT2D eigenvalue weighted by Gasteiger charge is -2.25. The molecule has 0 spiro atoms. The lowest BCUT2D eigenvalue weighted by molar-refractivity contribution is -0.147. The van der Waals surface area contributed by atoms with Gasteiger partial charge in [0.2, 0.25) is 5.91 Å². The van der Waals surface area contributed by atoms with Gasteiger partial charge in [-0.3, -0.25) is 4.79 Å². The average molecular weight is 261 g/mol. The molecule has 0 heterocycles. The molecule has 19 heavy (non-hydrogen) atoms. The van der Waals surface area contributed by atoms with Gasteiger partial charge in [-0.05, 0) is 25.3 Å². The fourth-order valence-electron chi connectivity index (χ4n) is 2.69. The molecule has 1 fully saturated rings. The molecule has 1 aromatic carbocycles. The molecule has 102 valence electrons. The first-order chi connectivity index (χ1) is 9.02. The highest BCUT2D eigenvalue weighted by Gasteiger charge is 2.42. The summed E-state index contributed by atoms with van der Waals surface area (Å²) in [6.45, 7) is 1.97.